The zero-order valence-electron chi connectivity index (χ0n) is 13.9. The Morgan fingerprint density at radius 3 is 2.84 bits per heavy atom. The Morgan fingerprint density at radius 2 is 2.04 bits per heavy atom. The number of halogens is 1. The quantitative estimate of drug-likeness (QED) is 0.811. The predicted octanol–water partition coefficient (Wildman–Crippen LogP) is 1.26. The number of morpholine rings is 1. The highest BCUT2D eigenvalue weighted by molar-refractivity contribution is 5.76. The smallest absolute Gasteiger partial charge is 0.250 e. The summed E-state index contributed by atoms with van der Waals surface area (Å²) in [5.74, 6) is -0.0418. The van der Waals surface area contributed by atoms with Gasteiger partial charge >= 0.3 is 0 Å². The zero-order chi connectivity index (χ0) is 17.5. The summed E-state index contributed by atoms with van der Waals surface area (Å²) in [6.07, 6.45) is 0.576. The fourth-order valence-electron chi connectivity index (χ4n) is 2.59. The number of aryl methyl sites for hydroxylation is 1. The van der Waals surface area contributed by atoms with Gasteiger partial charge in [0, 0.05) is 39.0 Å². The van der Waals surface area contributed by atoms with Crippen LogP contribution in [0.15, 0.2) is 28.7 Å². The topological polar surface area (TPSA) is 80.5 Å². The van der Waals surface area contributed by atoms with E-state index in [0.29, 0.717) is 18.9 Å². The molecule has 0 radical (unpaired) electrons. The van der Waals surface area contributed by atoms with Gasteiger partial charge in [0.1, 0.15) is 5.82 Å². The number of rotatable bonds is 7. The van der Waals surface area contributed by atoms with Crippen molar-refractivity contribution in [2.24, 2.45) is 0 Å². The molecule has 0 bridgehead atoms. The average Bonchev–Trinajstić information content (AvgIpc) is 3.10. The molecule has 7 nitrogen and oxygen atoms in total. The first-order valence-electron chi connectivity index (χ1n) is 8.36. The number of nitrogens with zero attached hydrogens (tertiary/aromatic N) is 3. The van der Waals surface area contributed by atoms with Crippen LogP contribution < -0.4 is 5.32 Å². The standard InChI is InChI=1S/C17H21FN4O3/c18-14-4-2-1-3-13(14)17-21-20-16(25-17)6-5-15(23)19-7-8-22-9-11-24-12-10-22/h1-4H,5-12H2,(H,19,23). The minimum Gasteiger partial charge on any atom is -0.421 e. The molecule has 25 heavy (non-hydrogen) atoms. The van der Waals surface area contributed by atoms with Crippen LogP contribution in [0.5, 0.6) is 0 Å². The molecule has 2 heterocycles. The molecule has 8 heteroatoms. The second-order valence-electron chi connectivity index (χ2n) is 5.78. The van der Waals surface area contributed by atoms with Crippen molar-refractivity contribution in [3.8, 4) is 11.5 Å². The number of hydrogen-bond donors (Lipinski definition) is 1. The molecule has 0 atom stereocenters. The van der Waals surface area contributed by atoms with E-state index in [2.05, 4.69) is 20.4 Å². The second-order valence-corrected chi connectivity index (χ2v) is 5.78. The fourth-order valence-corrected chi connectivity index (χ4v) is 2.59. The molecule has 1 aromatic carbocycles. The van der Waals surface area contributed by atoms with Crippen LogP contribution in [-0.4, -0.2) is 60.4 Å². The van der Waals surface area contributed by atoms with Gasteiger partial charge in [0.05, 0.1) is 18.8 Å². The SMILES string of the molecule is O=C(CCc1nnc(-c2ccccc2F)o1)NCCN1CCOCC1. The molecule has 1 amide bonds. The molecular weight excluding hydrogens is 327 g/mol. The van der Waals surface area contributed by atoms with Gasteiger partial charge in [-0.25, -0.2) is 4.39 Å². The highest BCUT2D eigenvalue weighted by atomic mass is 19.1. The minimum atomic E-state index is -0.418. The molecule has 0 unspecified atom stereocenters. The van der Waals surface area contributed by atoms with Crippen molar-refractivity contribution in [2.75, 3.05) is 39.4 Å². The summed E-state index contributed by atoms with van der Waals surface area (Å²) in [5.41, 5.74) is 0.260. The van der Waals surface area contributed by atoms with E-state index in [9.17, 15) is 9.18 Å². The molecular formula is C17H21FN4O3. The maximum absolute atomic E-state index is 13.7. The molecule has 1 aromatic heterocycles. The molecule has 3 rings (SSSR count). The van der Waals surface area contributed by atoms with Crippen molar-refractivity contribution in [3.63, 3.8) is 0 Å². The Hall–Kier alpha value is -2.32. The van der Waals surface area contributed by atoms with Crippen LogP contribution in [0.3, 0.4) is 0 Å². The van der Waals surface area contributed by atoms with Crippen LogP contribution in [0.2, 0.25) is 0 Å². The van der Waals surface area contributed by atoms with E-state index in [0.717, 1.165) is 32.8 Å². The van der Waals surface area contributed by atoms with Crippen molar-refractivity contribution in [2.45, 2.75) is 12.8 Å². The number of hydrogen-bond acceptors (Lipinski definition) is 6. The number of aromatic nitrogens is 2. The van der Waals surface area contributed by atoms with Gasteiger partial charge in [0.2, 0.25) is 11.8 Å². The molecule has 1 fully saturated rings. The van der Waals surface area contributed by atoms with Crippen molar-refractivity contribution in [3.05, 3.63) is 36.0 Å². The van der Waals surface area contributed by atoms with Crippen LogP contribution in [0.1, 0.15) is 12.3 Å². The van der Waals surface area contributed by atoms with Crippen molar-refractivity contribution in [1.29, 1.82) is 0 Å². The highest BCUT2D eigenvalue weighted by Crippen LogP contribution is 2.21. The maximum Gasteiger partial charge on any atom is 0.250 e. The molecule has 2 aromatic rings. The van der Waals surface area contributed by atoms with E-state index >= 15 is 0 Å². The number of amides is 1. The van der Waals surface area contributed by atoms with E-state index in [1.807, 2.05) is 0 Å². The Morgan fingerprint density at radius 1 is 1.24 bits per heavy atom. The summed E-state index contributed by atoms with van der Waals surface area (Å²) in [4.78, 5) is 14.1. The van der Waals surface area contributed by atoms with Crippen molar-refractivity contribution >= 4 is 5.91 Å². The molecule has 0 aliphatic carbocycles. The summed E-state index contributed by atoms with van der Waals surface area (Å²) in [5, 5.41) is 10.6. The lowest BCUT2D eigenvalue weighted by atomic mass is 10.2. The van der Waals surface area contributed by atoms with Crippen LogP contribution in [0.4, 0.5) is 4.39 Å². The first kappa shape index (κ1) is 17.5. The first-order chi connectivity index (χ1) is 12.2. The van der Waals surface area contributed by atoms with Crippen molar-refractivity contribution < 1.29 is 18.3 Å². The Kier molecular flexibility index (Phi) is 6.08. The van der Waals surface area contributed by atoms with Gasteiger partial charge in [-0.05, 0) is 12.1 Å². The van der Waals surface area contributed by atoms with E-state index in [1.54, 1.807) is 18.2 Å². The Labute approximate surface area is 145 Å². The van der Waals surface area contributed by atoms with Gasteiger partial charge in [-0.15, -0.1) is 10.2 Å². The third-order valence-electron chi connectivity index (χ3n) is 3.99. The van der Waals surface area contributed by atoms with Crippen LogP contribution in [-0.2, 0) is 16.0 Å². The lowest BCUT2D eigenvalue weighted by Gasteiger charge is -2.26. The summed E-state index contributed by atoms with van der Waals surface area (Å²) in [6.45, 7) is 4.70. The largest absolute Gasteiger partial charge is 0.421 e. The monoisotopic (exact) mass is 348 g/mol. The van der Waals surface area contributed by atoms with Gasteiger partial charge in [-0.1, -0.05) is 12.1 Å². The molecule has 0 spiro atoms. The van der Waals surface area contributed by atoms with Gasteiger partial charge in [-0.3, -0.25) is 9.69 Å². The van der Waals surface area contributed by atoms with Crippen molar-refractivity contribution in [1.82, 2.24) is 20.4 Å². The third-order valence-corrected chi connectivity index (χ3v) is 3.99. The highest BCUT2D eigenvalue weighted by Gasteiger charge is 2.14. The number of nitrogens with one attached hydrogen (secondary N) is 1. The summed E-state index contributed by atoms with van der Waals surface area (Å²) in [6, 6.07) is 6.20. The van der Waals surface area contributed by atoms with Crippen LogP contribution in [0, 0.1) is 5.82 Å². The summed E-state index contributed by atoms with van der Waals surface area (Å²) < 4.78 is 24.4. The van der Waals surface area contributed by atoms with E-state index in [1.165, 1.54) is 6.07 Å². The lowest BCUT2D eigenvalue weighted by Crippen LogP contribution is -2.41. The summed E-state index contributed by atoms with van der Waals surface area (Å²) in [7, 11) is 0. The van der Waals surface area contributed by atoms with Gasteiger partial charge in [0.15, 0.2) is 0 Å². The van der Waals surface area contributed by atoms with Gasteiger partial charge < -0.3 is 14.5 Å². The average molecular weight is 348 g/mol. The predicted molar refractivity (Wildman–Crippen MR) is 88.3 cm³/mol. The first-order valence-corrected chi connectivity index (χ1v) is 8.36. The number of benzene rings is 1. The minimum absolute atomic E-state index is 0.0705. The number of ether oxygens (including phenoxy) is 1. The third kappa shape index (κ3) is 5.07. The molecule has 134 valence electrons. The van der Waals surface area contributed by atoms with Crippen LogP contribution in [0.25, 0.3) is 11.5 Å². The molecule has 1 aliphatic heterocycles. The molecule has 0 saturated carbocycles. The Bertz CT molecular complexity index is 701. The zero-order valence-corrected chi connectivity index (χ0v) is 13.9. The molecule has 1 N–H and O–H groups in total. The fraction of sp³-hybridized carbons (Fsp3) is 0.471. The van der Waals surface area contributed by atoms with E-state index < -0.39 is 5.82 Å². The summed E-state index contributed by atoms with van der Waals surface area (Å²) >= 11 is 0. The van der Waals surface area contributed by atoms with Gasteiger partial charge in [0.25, 0.3) is 5.89 Å². The molecule has 1 aliphatic rings. The maximum atomic E-state index is 13.7. The van der Waals surface area contributed by atoms with Crippen LogP contribution >= 0.6 is 0 Å². The number of carbonyl (C=O) groups excluding carboxylic acids is 1. The Balaban J connectivity index is 1.41. The second kappa shape index (κ2) is 8.68. The number of carbonyl (C=O) groups is 1. The normalized spacial score (nSPS) is 15.2. The van der Waals surface area contributed by atoms with E-state index in [-0.39, 0.29) is 23.8 Å². The van der Waals surface area contributed by atoms with E-state index in [4.69, 9.17) is 9.15 Å². The lowest BCUT2D eigenvalue weighted by molar-refractivity contribution is -0.121. The molecule has 1 saturated heterocycles. The van der Waals surface area contributed by atoms with Gasteiger partial charge in [-0.2, -0.15) is 0 Å².